The molecule has 1 heterocycles. The van der Waals surface area contributed by atoms with E-state index in [2.05, 4.69) is 4.99 Å². The van der Waals surface area contributed by atoms with E-state index in [9.17, 15) is 4.79 Å². The van der Waals surface area contributed by atoms with Crippen molar-refractivity contribution in [1.29, 1.82) is 0 Å². The molecular weight excluding hydrogens is 302 g/mol. The van der Waals surface area contributed by atoms with Crippen molar-refractivity contribution in [3.63, 3.8) is 0 Å². The Morgan fingerprint density at radius 1 is 1.17 bits per heavy atom. The molecule has 0 bridgehead atoms. The maximum atomic E-state index is 12.8. The van der Waals surface area contributed by atoms with Crippen LogP contribution in [0, 0.1) is 0 Å². The van der Waals surface area contributed by atoms with Gasteiger partial charge in [-0.05, 0) is 29.8 Å². The molecule has 24 heavy (non-hydrogen) atoms. The normalized spacial score (nSPS) is 17.9. The average Bonchev–Trinajstić information content (AvgIpc) is 2.83. The Bertz CT molecular complexity index is 812. The lowest BCUT2D eigenvalue weighted by atomic mass is 10.2. The molecule has 5 heteroatoms. The SMILES string of the molecule is COc1cccc(C=N[C@H]2C(=O)N(c3ccccc3)[N+](C)=C2C)c1. The summed E-state index contributed by atoms with van der Waals surface area (Å²) < 4.78 is 7.06. The zero-order chi connectivity index (χ0) is 17.1. The Labute approximate surface area is 141 Å². The van der Waals surface area contributed by atoms with Crippen LogP contribution in [-0.2, 0) is 4.79 Å². The Kier molecular flexibility index (Phi) is 4.42. The molecule has 0 saturated carbocycles. The van der Waals surface area contributed by atoms with Crippen LogP contribution in [0.2, 0.25) is 0 Å². The molecule has 1 aliphatic rings. The third-order valence-corrected chi connectivity index (χ3v) is 4.12. The third kappa shape index (κ3) is 2.93. The maximum Gasteiger partial charge on any atom is 0.318 e. The van der Waals surface area contributed by atoms with Crippen LogP contribution in [-0.4, -0.2) is 42.7 Å². The van der Waals surface area contributed by atoms with E-state index >= 15 is 0 Å². The second-order valence-electron chi connectivity index (χ2n) is 5.61. The summed E-state index contributed by atoms with van der Waals surface area (Å²) in [5.74, 6) is 0.709. The zero-order valence-corrected chi connectivity index (χ0v) is 14.0. The van der Waals surface area contributed by atoms with E-state index in [1.54, 1.807) is 18.3 Å². The number of hydrogen-bond acceptors (Lipinski definition) is 3. The molecule has 2 aromatic carbocycles. The van der Waals surface area contributed by atoms with Crippen molar-refractivity contribution in [2.24, 2.45) is 4.99 Å². The van der Waals surface area contributed by atoms with Gasteiger partial charge < -0.3 is 4.74 Å². The number of methoxy groups -OCH3 is 1. The summed E-state index contributed by atoms with van der Waals surface area (Å²) >= 11 is 0. The van der Waals surface area contributed by atoms with Crippen LogP contribution in [0.3, 0.4) is 0 Å². The third-order valence-electron chi connectivity index (χ3n) is 4.12. The van der Waals surface area contributed by atoms with Gasteiger partial charge in [0.25, 0.3) is 0 Å². The van der Waals surface area contributed by atoms with E-state index in [-0.39, 0.29) is 5.91 Å². The average molecular weight is 322 g/mol. The van der Waals surface area contributed by atoms with Gasteiger partial charge in [-0.2, -0.15) is 0 Å². The number of rotatable bonds is 4. The number of carbonyl (C=O) groups excluding carboxylic acids is 1. The highest BCUT2D eigenvalue weighted by atomic mass is 16.5. The van der Waals surface area contributed by atoms with Crippen molar-refractivity contribution in [2.45, 2.75) is 13.0 Å². The lowest BCUT2D eigenvalue weighted by Gasteiger charge is -2.10. The van der Waals surface area contributed by atoms with Crippen molar-refractivity contribution in [3.05, 3.63) is 60.2 Å². The number of hydrazone groups is 1. The van der Waals surface area contributed by atoms with E-state index in [0.29, 0.717) is 0 Å². The minimum atomic E-state index is -0.513. The first kappa shape index (κ1) is 15.9. The number of hydrazine groups is 1. The standard InChI is InChI=1S/C19H20N3O2/c1-14-18(20-13-15-8-7-11-17(12-15)24-3)19(23)22(21(14)2)16-9-5-4-6-10-16/h4-13,18H,1-3H3/q+1/t18-/m1/s1. The molecular formula is C19H20N3O2+. The molecule has 0 fully saturated rings. The van der Waals surface area contributed by atoms with Crippen molar-refractivity contribution in [3.8, 4) is 5.75 Å². The van der Waals surface area contributed by atoms with Gasteiger partial charge in [-0.25, -0.2) is 0 Å². The number of hydrogen-bond donors (Lipinski definition) is 0. The monoisotopic (exact) mass is 322 g/mol. The number of ether oxygens (including phenoxy) is 1. The number of aliphatic imine (C=N–C) groups is 1. The Morgan fingerprint density at radius 2 is 1.92 bits per heavy atom. The molecule has 0 radical (unpaired) electrons. The second kappa shape index (κ2) is 6.66. The van der Waals surface area contributed by atoms with E-state index in [0.717, 1.165) is 22.7 Å². The first-order valence-corrected chi connectivity index (χ1v) is 7.75. The van der Waals surface area contributed by atoms with E-state index < -0.39 is 6.04 Å². The number of anilines is 1. The first-order chi connectivity index (χ1) is 11.6. The van der Waals surface area contributed by atoms with Crippen molar-refractivity contribution in [2.75, 3.05) is 19.2 Å². The fourth-order valence-electron chi connectivity index (χ4n) is 2.70. The highest BCUT2D eigenvalue weighted by molar-refractivity contribution is 6.15. The quantitative estimate of drug-likeness (QED) is 0.641. The molecule has 1 atom stereocenters. The predicted molar refractivity (Wildman–Crippen MR) is 95.2 cm³/mol. The van der Waals surface area contributed by atoms with Crippen LogP contribution >= 0.6 is 0 Å². The minimum absolute atomic E-state index is 0.0552. The Hall–Kier alpha value is -2.95. The van der Waals surface area contributed by atoms with Gasteiger partial charge in [0.15, 0.2) is 7.05 Å². The fraction of sp³-hybridized carbons (Fsp3) is 0.211. The molecule has 2 aromatic rings. The summed E-state index contributed by atoms with van der Waals surface area (Å²) in [6.07, 6.45) is 1.72. The van der Waals surface area contributed by atoms with Gasteiger partial charge in [-0.3, -0.25) is 9.79 Å². The smallest absolute Gasteiger partial charge is 0.318 e. The number of amides is 1. The Balaban J connectivity index is 1.87. The lowest BCUT2D eigenvalue weighted by molar-refractivity contribution is -0.495. The van der Waals surface area contributed by atoms with Crippen LogP contribution in [0.25, 0.3) is 0 Å². The van der Waals surface area contributed by atoms with Crippen LogP contribution in [0.15, 0.2) is 59.6 Å². The van der Waals surface area contributed by atoms with Crippen molar-refractivity contribution >= 4 is 23.5 Å². The van der Waals surface area contributed by atoms with E-state index in [1.807, 2.05) is 73.3 Å². The van der Waals surface area contributed by atoms with Crippen LogP contribution < -0.4 is 9.75 Å². The Morgan fingerprint density at radius 3 is 2.62 bits per heavy atom. The summed E-state index contributed by atoms with van der Waals surface area (Å²) in [5, 5.41) is 1.66. The van der Waals surface area contributed by atoms with Gasteiger partial charge in [0.05, 0.1) is 7.11 Å². The van der Waals surface area contributed by atoms with Crippen LogP contribution in [0.4, 0.5) is 5.69 Å². The van der Waals surface area contributed by atoms with Crippen LogP contribution in [0.5, 0.6) is 5.75 Å². The summed E-state index contributed by atoms with van der Waals surface area (Å²) in [5.41, 5.74) is 2.63. The number of nitrogens with zero attached hydrogens (tertiary/aromatic N) is 3. The number of carbonyl (C=O) groups is 1. The van der Waals surface area contributed by atoms with Gasteiger partial charge in [0.1, 0.15) is 11.4 Å². The van der Waals surface area contributed by atoms with Gasteiger partial charge in [0, 0.05) is 13.1 Å². The van der Waals surface area contributed by atoms with Crippen molar-refractivity contribution < 1.29 is 14.2 Å². The van der Waals surface area contributed by atoms with Crippen molar-refractivity contribution in [1.82, 2.24) is 0 Å². The lowest BCUT2D eigenvalue weighted by Crippen LogP contribution is -2.35. The maximum absolute atomic E-state index is 12.8. The summed E-state index contributed by atoms with van der Waals surface area (Å²) in [4.78, 5) is 17.3. The summed E-state index contributed by atoms with van der Waals surface area (Å²) in [6, 6.07) is 16.7. The highest BCUT2D eigenvalue weighted by Gasteiger charge is 2.44. The van der Waals surface area contributed by atoms with E-state index in [1.165, 1.54) is 0 Å². The first-order valence-electron chi connectivity index (χ1n) is 7.75. The fourth-order valence-corrected chi connectivity index (χ4v) is 2.70. The van der Waals surface area contributed by atoms with Gasteiger partial charge >= 0.3 is 5.91 Å². The zero-order valence-electron chi connectivity index (χ0n) is 14.0. The minimum Gasteiger partial charge on any atom is -0.497 e. The summed E-state index contributed by atoms with van der Waals surface area (Å²) in [7, 11) is 3.50. The molecule has 0 aromatic heterocycles. The molecule has 5 nitrogen and oxygen atoms in total. The molecule has 0 spiro atoms. The molecule has 3 rings (SSSR count). The number of para-hydroxylation sites is 1. The molecule has 0 aliphatic carbocycles. The van der Waals surface area contributed by atoms with Crippen LogP contribution in [0.1, 0.15) is 12.5 Å². The second-order valence-corrected chi connectivity index (χ2v) is 5.61. The molecule has 0 N–H and O–H groups in total. The topological polar surface area (TPSA) is 44.9 Å². The molecule has 122 valence electrons. The van der Waals surface area contributed by atoms with Gasteiger partial charge in [-0.15, -0.1) is 4.68 Å². The highest BCUT2D eigenvalue weighted by Crippen LogP contribution is 2.21. The number of benzene rings is 2. The van der Waals surface area contributed by atoms with Gasteiger partial charge in [-0.1, -0.05) is 35.3 Å². The summed E-state index contributed by atoms with van der Waals surface area (Å²) in [6.45, 7) is 1.93. The molecule has 0 unspecified atom stereocenters. The molecule has 1 amide bonds. The largest absolute Gasteiger partial charge is 0.497 e. The predicted octanol–water partition coefficient (Wildman–Crippen LogP) is 2.55. The van der Waals surface area contributed by atoms with Gasteiger partial charge in [0.2, 0.25) is 11.8 Å². The molecule has 0 saturated heterocycles. The van der Waals surface area contributed by atoms with E-state index in [4.69, 9.17) is 4.74 Å². The molecule has 1 aliphatic heterocycles.